The van der Waals surface area contributed by atoms with Gasteiger partial charge in [0.25, 0.3) is 0 Å². The van der Waals surface area contributed by atoms with Crippen LogP contribution in [0, 0.1) is 0 Å². The third-order valence-electron chi connectivity index (χ3n) is 2.84. The normalized spacial score (nSPS) is 14.3. The maximum absolute atomic E-state index is 10.3. The minimum Gasteiger partial charge on any atom is -0.493 e. The highest BCUT2D eigenvalue weighted by Crippen LogP contribution is 2.33. The summed E-state index contributed by atoms with van der Waals surface area (Å²) in [5, 5.41) is 10.3. The van der Waals surface area contributed by atoms with Gasteiger partial charge in [0, 0.05) is 6.54 Å². The molecule has 0 aliphatic heterocycles. The topological polar surface area (TPSA) is 64.7 Å². The number of benzene rings is 1. The molecule has 0 radical (unpaired) electrons. The summed E-state index contributed by atoms with van der Waals surface area (Å²) in [6, 6.07) is 5.33. The van der Waals surface area contributed by atoms with Crippen LogP contribution >= 0.6 is 0 Å². The minimum absolute atomic E-state index is 0.180. The molecule has 1 atom stereocenters. The maximum atomic E-state index is 10.3. The van der Waals surface area contributed by atoms with Crippen LogP contribution in [-0.2, 0) is 5.60 Å². The van der Waals surface area contributed by atoms with E-state index in [2.05, 4.69) is 0 Å². The predicted octanol–water partition coefficient (Wildman–Crippen LogP) is 1.26. The second-order valence-electron chi connectivity index (χ2n) is 3.66. The summed E-state index contributed by atoms with van der Waals surface area (Å²) in [5.41, 5.74) is 5.33. The summed E-state index contributed by atoms with van der Waals surface area (Å²) in [5.74, 6) is 1.24. The molecule has 1 unspecified atom stereocenters. The molecule has 1 rings (SSSR count). The van der Waals surface area contributed by atoms with Gasteiger partial charge in [-0.1, -0.05) is 13.0 Å². The van der Waals surface area contributed by atoms with Crippen LogP contribution < -0.4 is 15.2 Å². The van der Waals surface area contributed by atoms with Crippen LogP contribution in [0.3, 0.4) is 0 Å². The number of hydrogen-bond donors (Lipinski definition) is 2. The first-order chi connectivity index (χ1) is 7.61. The average molecular weight is 225 g/mol. The van der Waals surface area contributed by atoms with Gasteiger partial charge >= 0.3 is 0 Å². The fourth-order valence-electron chi connectivity index (χ4n) is 1.59. The first-order valence-corrected chi connectivity index (χ1v) is 5.26. The van der Waals surface area contributed by atoms with E-state index in [0.717, 1.165) is 5.56 Å². The Morgan fingerprint density at radius 1 is 1.25 bits per heavy atom. The number of aliphatic hydroxyl groups is 1. The van der Waals surface area contributed by atoms with Crippen LogP contribution in [0.2, 0.25) is 0 Å². The van der Waals surface area contributed by atoms with Crippen molar-refractivity contribution < 1.29 is 14.6 Å². The van der Waals surface area contributed by atoms with Crippen LogP contribution in [0.5, 0.6) is 11.5 Å². The highest BCUT2D eigenvalue weighted by atomic mass is 16.5. The Morgan fingerprint density at radius 3 is 2.31 bits per heavy atom. The van der Waals surface area contributed by atoms with Crippen LogP contribution in [0.15, 0.2) is 18.2 Å². The third-order valence-corrected chi connectivity index (χ3v) is 2.84. The lowest BCUT2D eigenvalue weighted by molar-refractivity contribution is 0.0416. The molecule has 4 heteroatoms. The molecule has 0 heterocycles. The Bertz CT molecular complexity index is 348. The number of hydrogen-bond acceptors (Lipinski definition) is 4. The third kappa shape index (κ3) is 2.28. The summed E-state index contributed by atoms with van der Waals surface area (Å²) in [7, 11) is 3.14. The molecule has 90 valence electrons. The number of ether oxygens (including phenoxy) is 2. The van der Waals surface area contributed by atoms with E-state index in [-0.39, 0.29) is 6.54 Å². The van der Waals surface area contributed by atoms with Gasteiger partial charge in [0.05, 0.1) is 14.2 Å². The molecule has 0 fully saturated rings. The number of methoxy groups -OCH3 is 2. The Hall–Kier alpha value is -1.26. The Morgan fingerprint density at radius 2 is 1.88 bits per heavy atom. The van der Waals surface area contributed by atoms with Crippen molar-refractivity contribution in [3.8, 4) is 11.5 Å². The summed E-state index contributed by atoms with van der Waals surface area (Å²) in [4.78, 5) is 0. The van der Waals surface area contributed by atoms with Crippen molar-refractivity contribution in [2.75, 3.05) is 20.8 Å². The van der Waals surface area contributed by atoms with Gasteiger partial charge in [0.2, 0.25) is 0 Å². The predicted molar refractivity (Wildman–Crippen MR) is 62.8 cm³/mol. The van der Waals surface area contributed by atoms with Gasteiger partial charge in [0.15, 0.2) is 11.5 Å². The second kappa shape index (κ2) is 5.18. The Kier molecular flexibility index (Phi) is 4.15. The van der Waals surface area contributed by atoms with Gasteiger partial charge in [-0.15, -0.1) is 0 Å². The summed E-state index contributed by atoms with van der Waals surface area (Å²) < 4.78 is 10.3. The highest BCUT2D eigenvalue weighted by molar-refractivity contribution is 5.44. The first-order valence-electron chi connectivity index (χ1n) is 5.26. The highest BCUT2D eigenvalue weighted by Gasteiger charge is 2.26. The molecule has 3 N–H and O–H groups in total. The van der Waals surface area contributed by atoms with E-state index in [1.54, 1.807) is 32.4 Å². The van der Waals surface area contributed by atoms with Crippen LogP contribution in [0.25, 0.3) is 0 Å². The van der Waals surface area contributed by atoms with Gasteiger partial charge in [-0.05, 0) is 24.1 Å². The van der Waals surface area contributed by atoms with E-state index in [0.29, 0.717) is 17.9 Å². The van der Waals surface area contributed by atoms with Crippen molar-refractivity contribution in [1.82, 2.24) is 0 Å². The minimum atomic E-state index is -1.00. The molecule has 0 amide bonds. The van der Waals surface area contributed by atoms with Gasteiger partial charge in [-0.25, -0.2) is 0 Å². The van der Waals surface area contributed by atoms with Crippen LogP contribution in [-0.4, -0.2) is 25.9 Å². The molecular formula is C12H19NO3. The van der Waals surface area contributed by atoms with Crippen molar-refractivity contribution >= 4 is 0 Å². The molecular weight excluding hydrogens is 206 g/mol. The van der Waals surface area contributed by atoms with E-state index in [1.807, 2.05) is 6.92 Å². The van der Waals surface area contributed by atoms with Crippen molar-refractivity contribution in [2.45, 2.75) is 18.9 Å². The molecule has 0 aliphatic carbocycles. The average Bonchev–Trinajstić information content (AvgIpc) is 2.36. The molecule has 16 heavy (non-hydrogen) atoms. The van der Waals surface area contributed by atoms with Gasteiger partial charge in [0.1, 0.15) is 5.60 Å². The van der Waals surface area contributed by atoms with Crippen molar-refractivity contribution in [2.24, 2.45) is 5.73 Å². The molecule has 0 bridgehead atoms. The standard InChI is InChI=1S/C12H19NO3/c1-4-12(14,8-13)9-5-6-10(15-2)11(7-9)16-3/h5-7,14H,4,8,13H2,1-3H3. The van der Waals surface area contributed by atoms with E-state index >= 15 is 0 Å². The quantitative estimate of drug-likeness (QED) is 0.791. The molecule has 0 spiro atoms. The molecule has 0 aliphatic rings. The Labute approximate surface area is 96.0 Å². The van der Waals surface area contributed by atoms with E-state index in [4.69, 9.17) is 15.2 Å². The SMILES string of the molecule is CCC(O)(CN)c1ccc(OC)c(OC)c1. The van der Waals surface area contributed by atoms with Gasteiger partial charge in [-0.2, -0.15) is 0 Å². The zero-order valence-electron chi connectivity index (χ0n) is 9.99. The monoisotopic (exact) mass is 225 g/mol. The molecule has 0 aromatic heterocycles. The summed E-state index contributed by atoms with van der Waals surface area (Å²) in [6.45, 7) is 2.07. The summed E-state index contributed by atoms with van der Waals surface area (Å²) in [6.07, 6.45) is 0.555. The lowest BCUT2D eigenvalue weighted by Crippen LogP contribution is -2.34. The molecule has 1 aromatic rings. The van der Waals surface area contributed by atoms with Crippen LogP contribution in [0.4, 0.5) is 0 Å². The lowest BCUT2D eigenvalue weighted by Gasteiger charge is -2.26. The van der Waals surface area contributed by atoms with E-state index in [9.17, 15) is 5.11 Å². The zero-order chi connectivity index (χ0) is 12.2. The van der Waals surface area contributed by atoms with E-state index < -0.39 is 5.60 Å². The fourth-order valence-corrected chi connectivity index (χ4v) is 1.59. The van der Waals surface area contributed by atoms with Crippen molar-refractivity contribution in [3.63, 3.8) is 0 Å². The number of nitrogens with two attached hydrogens (primary N) is 1. The summed E-state index contributed by atoms with van der Waals surface area (Å²) >= 11 is 0. The maximum Gasteiger partial charge on any atom is 0.161 e. The smallest absolute Gasteiger partial charge is 0.161 e. The first kappa shape index (κ1) is 12.8. The largest absolute Gasteiger partial charge is 0.493 e. The lowest BCUT2D eigenvalue weighted by atomic mass is 9.91. The molecule has 4 nitrogen and oxygen atoms in total. The van der Waals surface area contributed by atoms with Gasteiger partial charge < -0.3 is 20.3 Å². The van der Waals surface area contributed by atoms with Gasteiger partial charge in [-0.3, -0.25) is 0 Å². The number of rotatable bonds is 5. The van der Waals surface area contributed by atoms with E-state index in [1.165, 1.54) is 0 Å². The molecule has 1 aromatic carbocycles. The van der Waals surface area contributed by atoms with Crippen molar-refractivity contribution in [1.29, 1.82) is 0 Å². The molecule has 0 saturated carbocycles. The zero-order valence-corrected chi connectivity index (χ0v) is 9.99. The van der Waals surface area contributed by atoms with Crippen LogP contribution in [0.1, 0.15) is 18.9 Å². The fraction of sp³-hybridized carbons (Fsp3) is 0.500. The molecule has 0 saturated heterocycles. The second-order valence-corrected chi connectivity index (χ2v) is 3.66. The van der Waals surface area contributed by atoms with Crippen molar-refractivity contribution in [3.05, 3.63) is 23.8 Å². The Balaban J connectivity index is 3.16.